The maximum absolute atomic E-state index is 11.9. The van der Waals surface area contributed by atoms with Crippen LogP contribution in [0.2, 0.25) is 0 Å². The molecule has 0 spiro atoms. The highest BCUT2D eigenvalue weighted by Gasteiger charge is 2.10. The third kappa shape index (κ3) is 6.83. The van der Waals surface area contributed by atoms with Gasteiger partial charge in [0.2, 0.25) is 0 Å². The second kappa shape index (κ2) is 11.1. The lowest BCUT2D eigenvalue weighted by Crippen LogP contribution is -2.07. The van der Waals surface area contributed by atoms with E-state index in [1.807, 2.05) is 0 Å². The van der Waals surface area contributed by atoms with Crippen molar-refractivity contribution in [1.29, 1.82) is 0 Å². The average molecular weight is 516 g/mol. The molecule has 0 bridgehead atoms. The maximum Gasteiger partial charge on any atom is 0.338 e. The summed E-state index contributed by atoms with van der Waals surface area (Å²) in [6.45, 7) is 0.608. The van der Waals surface area contributed by atoms with Gasteiger partial charge < -0.3 is 19.7 Å². The first-order chi connectivity index (χ1) is 13.4. The van der Waals surface area contributed by atoms with E-state index >= 15 is 0 Å². The Hall–Kier alpha value is -2.06. The Morgan fingerprint density at radius 2 is 1.11 bits per heavy atom. The second-order valence-corrected chi connectivity index (χ2v) is 7.73. The van der Waals surface area contributed by atoms with Crippen LogP contribution in [-0.2, 0) is 9.47 Å². The molecule has 28 heavy (non-hydrogen) atoms. The minimum absolute atomic E-state index is 0.0651. The number of rotatable bonds is 9. The SMILES string of the molecule is O=C(OCCCCCCOC(=O)c1ccc(O)c(Br)c1)c1ccc(O)c(Br)c1. The van der Waals surface area contributed by atoms with Crippen LogP contribution in [0.25, 0.3) is 0 Å². The summed E-state index contributed by atoms with van der Waals surface area (Å²) in [6.07, 6.45) is 3.11. The van der Waals surface area contributed by atoms with E-state index in [-0.39, 0.29) is 11.5 Å². The zero-order valence-corrected chi connectivity index (χ0v) is 18.2. The Labute approximate surface area is 179 Å². The number of hydrogen-bond acceptors (Lipinski definition) is 6. The predicted octanol–water partition coefficient (Wildman–Crippen LogP) is 5.20. The van der Waals surface area contributed by atoms with Crippen LogP contribution in [0.3, 0.4) is 0 Å². The summed E-state index contributed by atoms with van der Waals surface area (Å²) in [4.78, 5) is 23.8. The molecule has 0 radical (unpaired) electrons. The molecule has 0 atom stereocenters. The van der Waals surface area contributed by atoms with E-state index in [0.29, 0.717) is 46.1 Å². The highest BCUT2D eigenvalue weighted by Crippen LogP contribution is 2.25. The van der Waals surface area contributed by atoms with Crippen molar-refractivity contribution in [2.75, 3.05) is 13.2 Å². The first kappa shape index (κ1) is 22.2. The number of aromatic hydroxyl groups is 2. The molecular weight excluding hydrogens is 496 g/mol. The van der Waals surface area contributed by atoms with Crippen LogP contribution in [0.15, 0.2) is 45.3 Å². The zero-order valence-electron chi connectivity index (χ0n) is 15.0. The zero-order chi connectivity index (χ0) is 20.5. The summed E-state index contributed by atoms with van der Waals surface area (Å²) in [6, 6.07) is 8.89. The minimum Gasteiger partial charge on any atom is -0.507 e. The molecule has 0 unspecified atom stereocenters. The lowest BCUT2D eigenvalue weighted by Gasteiger charge is -2.07. The lowest BCUT2D eigenvalue weighted by atomic mass is 10.2. The van der Waals surface area contributed by atoms with Crippen molar-refractivity contribution >= 4 is 43.8 Å². The monoisotopic (exact) mass is 514 g/mol. The van der Waals surface area contributed by atoms with Crippen LogP contribution in [0.1, 0.15) is 46.4 Å². The summed E-state index contributed by atoms with van der Waals surface area (Å²) in [7, 11) is 0. The van der Waals surface area contributed by atoms with E-state index in [1.54, 1.807) is 0 Å². The standard InChI is InChI=1S/C20H20Br2O6/c21-15-11-13(5-7-17(15)23)19(25)27-9-3-1-2-4-10-28-20(26)14-6-8-18(24)16(22)12-14/h5-8,11-12,23-24H,1-4,9-10H2. The van der Waals surface area contributed by atoms with Gasteiger partial charge in [0.25, 0.3) is 0 Å². The molecule has 2 aromatic carbocycles. The number of halogens is 2. The van der Waals surface area contributed by atoms with E-state index in [1.165, 1.54) is 36.4 Å². The van der Waals surface area contributed by atoms with Gasteiger partial charge in [-0.1, -0.05) is 0 Å². The molecule has 2 aromatic rings. The van der Waals surface area contributed by atoms with Crippen LogP contribution in [0, 0.1) is 0 Å². The molecule has 0 amide bonds. The van der Waals surface area contributed by atoms with Crippen LogP contribution < -0.4 is 0 Å². The number of unbranched alkanes of at least 4 members (excludes halogenated alkanes) is 3. The van der Waals surface area contributed by atoms with Gasteiger partial charge in [0.1, 0.15) is 11.5 Å². The largest absolute Gasteiger partial charge is 0.507 e. The highest BCUT2D eigenvalue weighted by molar-refractivity contribution is 9.10. The molecule has 0 fully saturated rings. The van der Waals surface area contributed by atoms with Crippen LogP contribution in [0.5, 0.6) is 11.5 Å². The Morgan fingerprint density at radius 1 is 0.714 bits per heavy atom. The molecule has 6 nitrogen and oxygen atoms in total. The predicted molar refractivity (Wildman–Crippen MR) is 111 cm³/mol. The quantitative estimate of drug-likeness (QED) is 0.352. The molecule has 0 aliphatic rings. The molecule has 2 N–H and O–H groups in total. The van der Waals surface area contributed by atoms with Crippen molar-refractivity contribution in [3.63, 3.8) is 0 Å². The smallest absolute Gasteiger partial charge is 0.338 e. The molecule has 0 aliphatic carbocycles. The van der Waals surface area contributed by atoms with Crippen LogP contribution in [-0.4, -0.2) is 35.4 Å². The maximum atomic E-state index is 11.9. The molecule has 0 heterocycles. The van der Waals surface area contributed by atoms with Gasteiger partial charge >= 0.3 is 11.9 Å². The molecule has 0 aliphatic heterocycles. The van der Waals surface area contributed by atoms with Gasteiger partial charge in [0.05, 0.1) is 33.3 Å². The van der Waals surface area contributed by atoms with Crippen LogP contribution >= 0.6 is 31.9 Å². The third-order valence-electron chi connectivity index (χ3n) is 3.87. The summed E-state index contributed by atoms with van der Waals surface area (Å²) in [5, 5.41) is 18.8. The second-order valence-electron chi connectivity index (χ2n) is 6.02. The van der Waals surface area contributed by atoms with Crippen molar-refractivity contribution in [3.8, 4) is 11.5 Å². The van der Waals surface area contributed by atoms with E-state index in [0.717, 1.165) is 12.8 Å². The van der Waals surface area contributed by atoms with Crippen molar-refractivity contribution in [2.45, 2.75) is 25.7 Å². The van der Waals surface area contributed by atoms with Crippen LogP contribution in [0.4, 0.5) is 0 Å². The van der Waals surface area contributed by atoms with E-state index in [4.69, 9.17) is 9.47 Å². The summed E-state index contributed by atoms with van der Waals surface area (Å²) in [5.74, 6) is -0.741. The van der Waals surface area contributed by atoms with Crippen molar-refractivity contribution in [1.82, 2.24) is 0 Å². The number of esters is 2. The van der Waals surface area contributed by atoms with E-state index in [9.17, 15) is 19.8 Å². The Bertz CT molecular complexity index is 768. The first-order valence-corrected chi connectivity index (χ1v) is 10.3. The fourth-order valence-electron chi connectivity index (χ4n) is 2.32. The van der Waals surface area contributed by atoms with Gasteiger partial charge in [-0.15, -0.1) is 0 Å². The third-order valence-corrected chi connectivity index (χ3v) is 5.14. The fraction of sp³-hybridized carbons (Fsp3) is 0.300. The average Bonchev–Trinajstić information content (AvgIpc) is 2.67. The van der Waals surface area contributed by atoms with Gasteiger partial charge in [-0.3, -0.25) is 0 Å². The molecule has 8 heteroatoms. The lowest BCUT2D eigenvalue weighted by molar-refractivity contribution is 0.0473. The molecule has 0 saturated carbocycles. The Morgan fingerprint density at radius 3 is 1.46 bits per heavy atom. The molecule has 150 valence electrons. The van der Waals surface area contributed by atoms with Gasteiger partial charge in [0.15, 0.2) is 0 Å². The first-order valence-electron chi connectivity index (χ1n) is 8.70. The number of ether oxygens (including phenoxy) is 2. The number of hydrogen-bond donors (Lipinski definition) is 2. The summed E-state index contributed by atoms with van der Waals surface area (Å²) >= 11 is 6.31. The fourth-order valence-corrected chi connectivity index (χ4v) is 3.08. The molecule has 0 aromatic heterocycles. The number of phenols is 2. The van der Waals surface area contributed by atoms with Gasteiger partial charge in [-0.25, -0.2) is 9.59 Å². The minimum atomic E-state index is -0.435. The van der Waals surface area contributed by atoms with Crippen molar-refractivity contribution in [2.24, 2.45) is 0 Å². The van der Waals surface area contributed by atoms with Gasteiger partial charge in [-0.2, -0.15) is 0 Å². The normalized spacial score (nSPS) is 10.5. The van der Waals surface area contributed by atoms with Crippen molar-refractivity contribution in [3.05, 3.63) is 56.5 Å². The summed E-state index contributed by atoms with van der Waals surface area (Å²) in [5.41, 5.74) is 0.745. The van der Waals surface area contributed by atoms with E-state index < -0.39 is 11.9 Å². The number of carbonyl (C=O) groups is 2. The van der Waals surface area contributed by atoms with E-state index in [2.05, 4.69) is 31.9 Å². The molecule has 0 saturated heterocycles. The van der Waals surface area contributed by atoms with Crippen molar-refractivity contribution < 1.29 is 29.3 Å². The topological polar surface area (TPSA) is 93.1 Å². The number of benzene rings is 2. The molecule has 2 rings (SSSR count). The number of phenolic OH excluding ortho intramolecular Hbond substituents is 2. The Balaban J connectivity index is 1.56. The highest BCUT2D eigenvalue weighted by atomic mass is 79.9. The Kier molecular flexibility index (Phi) is 8.79. The summed E-state index contributed by atoms with van der Waals surface area (Å²) < 4.78 is 11.3. The van der Waals surface area contributed by atoms with Gasteiger partial charge in [-0.05, 0) is 93.9 Å². The van der Waals surface area contributed by atoms with Gasteiger partial charge in [0, 0.05) is 0 Å². The molecular formula is C20H20Br2O6. The number of carbonyl (C=O) groups excluding carboxylic acids is 2.